The fourth-order valence-corrected chi connectivity index (χ4v) is 4.67. The molecule has 10 heteroatoms. The molecule has 0 aliphatic heterocycles. The summed E-state index contributed by atoms with van der Waals surface area (Å²) in [7, 11) is -2.41. The van der Waals surface area contributed by atoms with E-state index >= 15 is 0 Å². The van der Waals surface area contributed by atoms with Crippen molar-refractivity contribution in [2.24, 2.45) is 0 Å². The Morgan fingerprint density at radius 2 is 1.82 bits per heavy atom. The molecule has 0 fully saturated rings. The van der Waals surface area contributed by atoms with Crippen LogP contribution in [0.15, 0.2) is 46.0 Å². The molecule has 0 aliphatic carbocycles. The molecule has 2 aromatic rings. The van der Waals surface area contributed by atoms with Crippen LogP contribution in [0.1, 0.15) is 12.5 Å². The smallest absolute Gasteiger partial charge is 0.252 e. The molecule has 7 nitrogen and oxygen atoms in total. The molecule has 0 unspecified atom stereocenters. The third-order valence-electron chi connectivity index (χ3n) is 3.99. The molecule has 0 atom stereocenters. The van der Waals surface area contributed by atoms with Crippen LogP contribution in [0, 0.1) is 5.82 Å². The predicted molar refractivity (Wildman–Crippen MR) is 105 cm³/mol. The molecule has 0 bridgehead atoms. The van der Waals surface area contributed by atoms with Gasteiger partial charge in [0.1, 0.15) is 10.0 Å². The number of amides is 2. The Kier molecular flexibility index (Phi) is 7.67. The minimum absolute atomic E-state index is 0.155. The van der Waals surface area contributed by atoms with Crippen molar-refractivity contribution in [3.63, 3.8) is 0 Å². The van der Waals surface area contributed by atoms with Crippen molar-refractivity contribution >= 4 is 33.2 Å². The minimum atomic E-state index is -3.74. The Morgan fingerprint density at radius 1 is 1.14 bits per heavy atom. The molecule has 0 spiro atoms. The van der Waals surface area contributed by atoms with Crippen molar-refractivity contribution in [3.05, 3.63) is 53.2 Å². The molecular formula is C18H22FN3O4S2. The first-order chi connectivity index (χ1) is 13.2. The Bertz CT molecular complexity index is 899. The maximum Gasteiger partial charge on any atom is 0.252 e. The third-order valence-corrected chi connectivity index (χ3v) is 7.17. The average Bonchev–Trinajstić information content (AvgIpc) is 3.21. The molecule has 0 saturated carbocycles. The first-order valence-corrected chi connectivity index (χ1v) is 10.8. The van der Waals surface area contributed by atoms with Crippen molar-refractivity contribution in [2.45, 2.75) is 17.7 Å². The lowest BCUT2D eigenvalue weighted by atomic mass is 10.2. The topological polar surface area (TPSA) is 86.8 Å². The van der Waals surface area contributed by atoms with E-state index in [-0.39, 0.29) is 42.1 Å². The number of sulfonamides is 1. The van der Waals surface area contributed by atoms with Gasteiger partial charge in [0.25, 0.3) is 10.0 Å². The van der Waals surface area contributed by atoms with E-state index in [1.807, 2.05) is 0 Å². The Balaban J connectivity index is 1.89. The van der Waals surface area contributed by atoms with E-state index in [2.05, 4.69) is 5.32 Å². The lowest BCUT2D eigenvalue weighted by Gasteiger charge is -2.23. The zero-order valence-corrected chi connectivity index (χ0v) is 17.2. The maximum atomic E-state index is 12.9. The molecule has 2 rings (SSSR count). The van der Waals surface area contributed by atoms with Gasteiger partial charge in [0.05, 0.1) is 13.1 Å². The number of benzene rings is 1. The largest absolute Gasteiger partial charge is 0.350 e. The Hall–Kier alpha value is -2.30. The second-order valence-corrected chi connectivity index (χ2v) is 9.22. The number of halogens is 1. The fourth-order valence-electron chi connectivity index (χ4n) is 2.35. The zero-order valence-electron chi connectivity index (χ0n) is 15.6. The van der Waals surface area contributed by atoms with Crippen LogP contribution >= 0.6 is 11.3 Å². The molecule has 1 aromatic carbocycles. The SMILES string of the molecule is CCN(CC(=O)NCc1ccc(F)cc1)C(=O)CN(C)S(=O)(=O)c1cccs1. The standard InChI is InChI=1S/C18H22FN3O4S2/c1-3-22(12-16(23)20-11-14-6-8-15(19)9-7-14)17(24)13-21(2)28(25,26)18-5-4-10-27-18/h4-10H,3,11-13H2,1-2H3,(H,20,23). The van der Waals surface area contributed by atoms with Crippen molar-refractivity contribution in [3.8, 4) is 0 Å². The molecule has 0 radical (unpaired) electrons. The maximum absolute atomic E-state index is 12.9. The summed E-state index contributed by atoms with van der Waals surface area (Å²) in [5.41, 5.74) is 0.728. The lowest BCUT2D eigenvalue weighted by Crippen LogP contribution is -2.45. The highest BCUT2D eigenvalue weighted by atomic mass is 32.2. The average molecular weight is 428 g/mol. The van der Waals surface area contributed by atoms with Crippen LogP contribution in [0.3, 0.4) is 0 Å². The van der Waals surface area contributed by atoms with E-state index in [9.17, 15) is 22.4 Å². The molecule has 0 aliphatic rings. The number of nitrogens with one attached hydrogen (secondary N) is 1. The van der Waals surface area contributed by atoms with E-state index in [0.29, 0.717) is 0 Å². The number of carbonyl (C=O) groups excluding carboxylic acids is 2. The summed E-state index contributed by atoms with van der Waals surface area (Å²) < 4.78 is 38.8. The number of carbonyl (C=O) groups is 2. The van der Waals surface area contributed by atoms with Crippen LogP contribution in [-0.2, 0) is 26.2 Å². The van der Waals surface area contributed by atoms with Gasteiger partial charge in [-0.15, -0.1) is 11.3 Å². The van der Waals surface area contributed by atoms with Gasteiger partial charge < -0.3 is 10.2 Å². The van der Waals surface area contributed by atoms with Crippen molar-refractivity contribution < 1.29 is 22.4 Å². The zero-order chi connectivity index (χ0) is 20.7. The van der Waals surface area contributed by atoms with Gasteiger partial charge in [0, 0.05) is 20.1 Å². The van der Waals surface area contributed by atoms with Crippen LogP contribution < -0.4 is 5.32 Å². The number of rotatable bonds is 9. The lowest BCUT2D eigenvalue weighted by molar-refractivity contribution is -0.135. The summed E-state index contributed by atoms with van der Waals surface area (Å²) in [6, 6.07) is 8.81. The van der Waals surface area contributed by atoms with Crippen molar-refractivity contribution in [1.82, 2.24) is 14.5 Å². The quantitative estimate of drug-likeness (QED) is 0.660. The van der Waals surface area contributed by atoms with E-state index < -0.39 is 15.9 Å². The highest BCUT2D eigenvalue weighted by Crippen LogP contribution is 2.19. The fraction of sp³-hybridized carbons (Fsp3) is 0.333. The van der Waals surface area contributed by atoms with Gasteiger partial charge in [-0.3, -0.25) is 9.59 Å². The Labute approximate surface area is 167 Å². The summed E-state index contributed by atoms with van der Waals surface area (Å²) in [5, 5.41) is 4.30. The van der Waals surface area contributed by atoms with Gasteiger partial charge in [0.2, 0.25) is 11.8 Å². The first kappa shape index (κ1) is 22.0. The summed E-state index contributed by atoms with van der Waals surface area (Å²) >= 11 is 1.07. The molecule has 1 N–H and O–H groups in total. The second-order valence-electron chi connectivity index (χ2n) is 6.00. The number of hydrogen-bond donors (Lipinski definition) is 1. The van der Waals surface area contributed by atoms with Gasteiger partial charge in [-0.1, -0.05) is 18.2 Å². The number of nitrogens with zero attached hydrogens (tertiary/aromatic N) is 2. The van der Waals surface area contributed by atoms with E-state index in [1.165, 1.54) is 30.1 Å². The van der Waals surface area contributed by atoms with Crippen molar-refractivity contribution in [2.75, 3.05) is 26.7 Å². The molecule has 1 aromatic heterocycles. The van der Waals surface area contributed by atoms with E-state index in [0.717, 1.165) is 21.2 Å². The number of hydrogen-bond acceptors (Lipinski definition) is 5. The normalized spacial score (nSPS) is 11.4. The summed E-state index contributed by atoms with van der Waals surface area (Å²) in [6.45, 7) is 1.62. The molecular weight excluding hydrogens is 405 g/mol. The molecule has 2 amide bonds. The predicted octanol–water partition coefficient (Wildman–Crippen LogP) is 1.67. The van der Waals surface area contributed by atoms with Gasteiger partial charge in [0.15, 0.2) is 0 Å². The second kappa shape index (κ2) is 9.76. The molecule has 0 saturated heterocycles. The van der Waals surface area contributed by atoms with Crippen LogP contribution in [-0.4, -0.2) is 56.1 Å². The van der Waals surface area contributed by atoms with Gasteiger partial charge in [-0.2, -0.15) is 4.31 Å². The monoisotopic (exact) mass is 427 g/mol. The molecule has 28 heavy (non-hydrogen) atoms. The van der Waals surface area contributed by atoms with Gasteiger partial charge in [-0.25, -0.2) is 12.8 Å². The van der Waals surface area contributed by atoms with E-state index in [4.69, 9.17) is 0 Å². The number of thiophene rings is 1. The summed E-state index contributed by atoms with van der Waals surface area (Å²) in [5.74, 6) is -1.22. The highest BCUT2D eigenvalue weighted by molar-refractivity contribution is 7.91. The highest BCUT2D eigenvalue weighted by Gasteiger charge is 2.26. The first-order valence-electron chi connectivity index (χ1n) is 8.52. The van der Waals surface area contributed by atoms with Crippen LogP contribution in [0.25, 0.3) is 0 Å². The minimum Gasteiger partial charge on any atom is -0.350 e. The third kappa shape index (κ3) is 5.85. The molecule has 1 heterocycles. The Morgan fingerprint density at radius 3 is 2.39 bits per heavy atom. The number of likely N-dealkylation sites (N-methyl/N-ethyl adjacent to an activating group) is 2. The summed E-state index contributed by atoms with van der Waals surface area (Å²) in [6.07, 6.45) is 0. The van der Waals surface area contributed by atoms with Crippen LogP contribution in [0.5, 0.6) is 0 Å². The van der Waals surface area contributed by atoms with Crippen molar-refractivity contribution in [1.29, 1.82) is 0 Å². The van der Waals surface area contributed by atoms with E-state index in [1.54, 1.807) is 30.5 Å². The summed E-state index contributed by atoms with van der Waals surface area (Å²) in [4.78, 5) is 25.8. The van der Waals surface area contributed by atoms with Crippen LogP contribution in [0.4, 0.5) is 4.39 Å². The van der Waals surface area contributed by atoms with Gasteiger partial charge in [-0.05, 0) is 36.1 Å². The van der Waals surface area contributed by atoms with Crippen LogP contribution in [0.2, 0.25) is 0 Å². The molecule has 152 valence electrons. The van der Waals surface area contributed by atoms with Gasteiger partial charge >= 0.3 is 0 Å².